The van der Waals surface area contributed by atoms with Gasteiger partial charge in [0.05, 0.1) is 43.0 Å². The van der Waals surface area contributed by atoms with Gasteiger partial charge in [-0.3, -0.25) is 23.9 Å². The maximum Gasteiger partial charge on any atom is 0.410 e. The minimum atomic E-state index is -1.05. The lowest BCUT2D eigenvalue weighted by Gasteiger charge is -2.36. The fourth-order valence-electron chi connectivity index (χ4n) is 7.51. The van der Waals surface area contributed by atoms with E-state index in [9.17, 15) is 28.8 Å². The number of aromatic nitrogens is 5. The largest absolute Gasteiger partial charge is 0.463 e. The van der Waals surface area contributed by atoms with Gasteiger partial charge in [-0.25, -0.2) is 14.4 Å². The molecule has 388 valence electrons. The van der Waals surface area contributed by atoms with Gasteiger partial charge >= 0.3 is 23.8 Å². The number of anilines is 2. The Bertz CT molecular complexity index is 2490. The first-order chi connectivity index (χ1) is 33.7. The van der Waals surface area contributed by atoms with E-state index in [1.807, 2.05) is 26.8 Å². The van der Waals surface area contributed by atoms with Crippen molar-refractivity contribution in [3.05, 3.63) is 69.9 Å². The van der Waals surface area contributed by atoms with Gasteiger partial charge in [-0.05, 0) is 114 Å². The van der Waals surface area contributed by atoms with Crippen LogP contribution in [-0.2, 0) is 43.6 Å². The summed E-state index contributed by atoms with van der Waals surface area (Å²) < 4.78 is 18.9. The number of nitrogens with zero attached hydrogens (tertiary/aromatic N) is 5. The average molecular weight is 988 g/mol. The summed E-state index contributed by atoms with van der Waals surface area (Å²) in [5.41, 5.74) is 18.2. The van der Waals surface area contributed by atoms with E-state index in [0.717, 1.165) is 37.7 Å². The molecule has 3 aromatic heterocycles. The lowest BCUT2D eigenvalue weighted by atomic mass is 9.91. The molecule has 0 saturated heterocycles. The predicted octanol–water partition coefficient (Wildman–Crippen LogP) is 4.20. The molecule has 22 nitrogen and oxygen atoms in total. The number of amides is 6. The zero-order chi connectivity index (χ0) is 51.9. The fraction of sp³-hybridized carbons (Fsp3) is 0.571. The Morgan fingerprint density at radius 2 is 1.69 bits per heavy atom. The maximum absolute atomic E-state index is 13.8. The monoisotopic (exact) mass is 988 g/mol. The highest BCUT2D eigenvalue weighted by atomic mass is 16.6. The van der Waals surface area contributed by atoms with Gasteiger partial charge in [0.25, 0.3) is 0 Å². The fourth-order valence-corrected chi connectivity index (χ4v) is 7.51. The molecule has 4 aromatic rings. The lowest BCUT2D eigenvalue weighted by Crippen LogP contribution is -2.57. The van der Waals surface area contributed by atoms with E-state index < -0.39 is 58.6 Å². The second-order valence-corrected chi connectivity index (χ2v) is 19.6. The minimum Gasteiger partial charge on any atom is -0.463 e. The Morgan fingerprint density at radius 1 is 0.972 bits per heavy atom. The van der Waals surface area contributed by atoms with Crippen LogP contribution in [0.1, 0.15) is 117 Å². The molecule has 22 heteroatoms. The first-order valence-corrected chi connectivity index (χ1v) is 24.3. The van der Waals surface area contributed by atoms with Crippen LogP contribution in [0.3, 0.4) is 0 Å². The van der Waals surface area contributed by atoms with Crippen LogP contribution in [0.15, 0.2) is 47.4 Å². The third kappa shape index (κ3) is 16.1. The van der Waals surface area contributed by atoms with Crippen molar-refractivity contribution >= 4 is 52.5 Å². The molecule has 1 aromatic carbocycles. The molecule has 71 heavy (non-hydrogen) atoms. The predicted molar refractivity (Wildman–Crippen MR) is 268 cm³/mol. The third-order valence-electron chi connectivity index (χ3n) is 12.3. The number of ether oxygens (including phenoxy) is 3. The Balaban J connectivity index is 1.18. The Kier molecular flexibility index (Phi) is 19.7. The Hall–Kier alpha value is -6.81. The molecular weight excluding hydrogens is 915 g/mol. The number of urea groups is 1. The number of hydrogen-bond acceptors (Lipinski definition) is 14. The molecule has 0 bridgehead atoms. The highest BCUT2D eigenvalue weighted by Crippen LogP contribution is 2.28. The highest BCUT2D eigenvalue weighted by Gasteiger charge is 2.36. The highest BCUT2D eigenvalue weighted by molar-refractivity contribution is 5.98. The van der Waals surface area contributed by atoms with Crippen molar-refractivity contribution in [1.82, 2.24) is 45.4 Å². The van der Waals surface area contributed by atoms with E-state index >= 15 is 0 Å². The van der Waals surface area contributed by atoms with Crippen molar-refractivity contribution in [2.75, 3.05) is 37.4 Å². The molecule has 1 fully saturated rings. The van der Waals surface area contributed by atoms with Crippen LogP contribution in [0, 0.1) is 11.3 Å². The molecule has 3 heterocycles. The third-order valence-corrected chi connectivity index (χ3v) is 12.3. The number of nitrogens with one attached hydrogen (secondary N) is 5. The van der Waals surface area contributed by atoms with E-state index in [1.165, 1.54) is 4.57 Å². The van der Waals surface area contributed by atoms with Crippen molar-refractivity contribution in [2.24, 2.45) is 22.8 Å². The van der Waals surface area contributed by atoms with E-state index in [0.29, 0.717) is 54.1 Å². The summed E-state index contributed by atoms with van der Waals surface area (Å²) in [7, 11) is 0. The smallest absolute Gasteiger partial charge is 0.410 e. The van der Waals surface area contributed by atoms with Gasteiger partial charge in [0.15, 0.2) is 11.5 Å². The second-order valence-electron chi connectivity index (χ2n) is 19.6. The summed E-state index contributed by atoms with van der Waals surface area (Å²) >= 11 is 0. The number of benzene rings is 1. The Morgan fingerprint density at radius 3 is 2.31 bits per heavy atom. The number of primary amides is 1. The summed E-state index contributed by atoms with van der Waals surface area (Å²) in [4.78, 5) is 96.5. The van der Waals surface area contributed by atoms with Crippen molar-refractivity contribution in [3.63, 3.8) is 0 Å². The number of imidazole rings is 1. The van der Waals surface area contributed by atoms with Crippen LogP contribution in [0.4, 0.5) is 21.1 Å². The van der Waals surface area contributed by atoms with Crippen molar-refractivity contribution in [3.8, 4) is 6.01 Å². The van der Waals surface area contributed by atoms with E-state index in [4.69, 9.17) is 31.4 Å². The van der Waals surface area contributed by atoms with Crippen LogP contribution < -0.4 is 48.9 Å². The van der Waals surface area contributed by atoms with Gasteiger partial charge < -0.3 is 62.6 Å². The van der Waals surface area contributed by atoms with Crippen LogP contribution in [-0.4, -0.2) is 109 Å². The summed E-state index contributed by atoms with van der Waals surface area (Å²) in [6, 6.07) is 7.76. The normalized spacial score (nSPS) is 13.8. The van der Waals surface area contributed by atoms with Crippen LogP contribution in [0.25, 0.3) is 11.2 Å². The van der Waals surface area contributed by atoms with E-state index in [-0.39, 0.29) is 63.1 Å². The quantitative estimate of drug-likeness (QED) is 0.0389. The summed E-state index contributed by atoms with van der Waals surface area (Å²) in [6.45, 7) is 14.3. The molecule has 1 aliphatic rings. The molecule has 2 atom stereocenters. The SMILES string of the molecule is CCCCOc1nc(N)c2[nH]c(=O)n(Cc3ccc(CN(C(=O)OCc4ccc(NC(=O)[C@H](CCCNC(N)=O)NC(=O)C(NC(=O)C(C)(C)COC(C)(C)CCN)C(C)C)cc4)C4CCC4)cn3)c2n1. The Labute approximate surface area is 414 Å². The van der Waals surface area contributed by atoms with Crippen molar-refractivity contribution in [1.29, 1.82) is 0 Å². The number of rotatable bonds is 27. The zero-order valence-corrected chi connectivity index (χ0v) is 42.1. The first kappa shape index (κ1) is 55.1. The molecule has 1 aliphatic carbocycles. The maximum atomic E-state index is 13.8. The molecule has 1 saturated carbocycles. The number of nitrogen functional groups attached to an aromatic ring is 1. The van der Waals surface area contributed by atoms with Gasteiger partial charge in [-0.15, -0.1) is 0 Å². The zero-order valence-electron chi connectivity index (χ0n) is 42.1. The summed E-state index contributed by atoms with van der Waals surface area (Å²) in [5.74, 6) is -1.70. The number of H-pyrrole nitrogens is 1. The number of aromatic amines is 1. The molecule has 1 unspecified atom stereocenters. The molecule has 5 rings (SSSR count). The van der Waals surface area contributed by atoms with Crippen molar-refractivity contribution in [2.45, 2.75) is 143 Å². The average Bonchev–Trinajstić information content (AvgIpc) is 3.61. The summed E-state index contributed by atoms with van der Waals surface area (Å²) in [5, 5.41) is 11.0. The van der Waals surface area contributed by atoms with Gasteiger partial charge in [0.1, 0.15) is 24.2 Å². The van der Waals surface area contributed by atoms with E-state index in [2.05, 4.69) is 41.2 Å². The molecular formula is C49H73N13O9. The minimum absolute atomic E-state index is 0.00111. The van der Waals surface area contributed by atoms with Gasteiger partial charge in [-0.2, -0.15) is 9.97 Å². The number of hydrogen-bond donors (Lipinski definition) is 8. The molecule has 0 radical (unpaired) electrons. The van der Waals surface area contributed by atoms with Crippen molar-refractivity contribution < 1.29 is 38.2 Å². The lowest BCUT2D eigenvalue weighted by molar-refractivity contribution is -0.141. The molecule has 0 spiro atoms. The number of pyridine rings is 1. The number of unbranched alkanes of at least 4 members (excludes halogenated alkanes) is 1. The van der Waals surface area contributed by atoms with Crippen LogP contribution >= 0.6 is 0 Å². The topological polar surface area (TPSA) is 319 Å². The summed E-state index contributed by atoms with van der Waals surface area (Å²) in [6.07, 6.45) is 6.66. The van der Waals surface area contributed by atoms with Gasteiger partial charge in [-0.1, -0.05) is 45.4 Å². The second kappa shape index (κ2) is 25.3. The molecule has 0 aliphatic heterocycles. The number of fused-ring (bicyclic) bond motifs is 1. The van der Waals surface area contributed by atoms with Gasteiger partial charge in [0.2, 0.25) is 17.7 Å². The number of carbonyl (C=O) groups is 5. The molecule has 6 amide bonds. The van der Waals surface area contributed by atoms with Crippen LogP contribution in [0.5, 0.6) is 6.01 Å². The number of carbonyl (C=O) groups excluding carboxylic acids is 5. The number of nitrogens with two attached hydrogens (primary N) is 3. The standard InChI is InChI=1S/C49H73N13O9/c1-8-9-24-69-45-59-39(51)38-40(60-45)62(46(67)58-38)27-34-20-17-32(25-54-34)26-61(35-12-10-13-35)47(68)70-28-31-15-18-33(19-16-31)55-41(63)36(14-11-23-53-44(52)66)56-42(64)37(30(2)3)57-43(65)48(4,5)29-71-49(6,7)21-22-50/h15-20,25,30,35-37H,8-14,21-24,26-29,50H2,1-7H3,(H,55,63)(H,56,64)(H,57,65)(H,58,67)(H2,51,59,60)(H3,52,53,66)/t36-,37?/m0/s1. The first-order valence-electron chi connectivity index (χ1n) is 24.3. The van der Waals surface area contributed by atoms with E-state index in [1.54, 1.807) is 69.1 Å². The van der Waals surface area contributed by atoms with Gasteiger partial charge in [0, 0.05) is 24.5 Å². The van der Waals surface area contributed by atoms with Crippen LogP contribution in [0.2, 0.25) is 0 Å². The molecule has 11 N–H and O–H groups in total.